The highest BCUT2D eigenvalue weighted by Gasteiger charge is 2.62. The summed E-state index contributed by atoms with van der Waals surface area (Å²) in [6.07, 6.45) is -0.821. The highest BCUT2D eigenvalue weighted by atomic mass is 19.3. The van der Waals surface area contributed by atoms with Gasteiger partial charge in [0.25, 0.3) is 5.92 Å². The number of nitrogens with zero attached hydrogens (tertiary/aromatic N) is 1. The topological polar surface area (TPSA) is 38.8 Å². The lowest BCUT2D eigenvalue weighted by atomic mass is 9.79. The van der Waals surface area contributed by atoms with Crippen LogP contribution >= 0.6 is 0 Å². The van der Waals surface area contributed by atoms with Gasteiger partial charge in [0, 0.05) is 24.9 Å². The fraction of sp³-hybridized carbons (Fsp3) is 0.611. The van der Waals surface area contributed by atoms with E-state index in [1.165, 1.54) is 4.90 Å². The van der Waals surface area contributed by atoms with Crippen molar-refractivity contribution >= 4 is 11.8 Å². The first-order valence-corrected chi connectivity index (χ1v) is 8.19. The molecule has 132 valence electrons. The molecular formula is C18H23F2NO3. The number of halogens is 2. The largest absolute Gasteiger partial charge is 0.443 e. The SMILES string of the molecule is Cc1ccc2c(c1)C1(CCO1)C(F)(F)CCN2C(=O)OC(C)(C)C. The van der Waals surface area contributed by atoms with Crippen molar-refractivity contribution in [2.75, 3.05) is 18.1 Å². The minimum absolute atomic E-state index is 0.108. The molecule has 6 heteroatoms. The van der Waals surface area contributed by atoms with Gasteiger partial charge in [0.15, 0.2) is 5.60 Å². The molecule has 4 nitrogen and oxygen atoms in total. The van der Waals surface area contributed by atoms with Gasteiger partial charge in [0.1, 0.15) is 5.60 Å². The van der Waals surface area contributed by atoms with Gasteiger partial charge in [-0.05, 0) is 33.8 Å². The normalized spacial score (nSPS) is 25.7. The van der Waals surface area contributed by atoms with Gasteiger partial charge in [-0.3, -0.25) is 4.90 Å². The molecule has 1 amide bonds. The van der Waals surface area contributed by atoms with Gasteiger partial charge in [-0.15, -0.1) is 0 Å². The average Bonchev–Trinajstić information content (AvgIpc) is 2.46. The van der Waals surface area contributed by atoms with Crippen molar-refractivity contribution in [2.24, 2.45) is 0 Å². The number of hydrogen-bond donors (Lipinski definition) is 0. The van der Waals surface area contributed by atoms with Crippen molar-refractivity contribution < 1.29 is 23.0 Å². The van der Waals surface area contributed by atoms with Gasteiger partial charge < -0.3 is 9.47 Å². The zero-order chi connectivity index (χ0) is 17.8. The Balaban J connectivity index is 2.09. The number of anilines is 1. The maximum absolute atomic E-state index is 14.8. The molecule has 0 aliphatic carbocycles. The summed E-state index contributed by atoms with van der Waals surface area (Å²) in [4.78, 5) is 13.9. The van der Waals surface area contributed by atoms with Crippen molar-refractivity contribution in [1.82, 2.24) is 0 Å². The second-order valence-corrected chi connectivity index (χ2v) is 7.53. The molecule has 3 rings (SSSR count). The first kappa shape index (κ1) is 17.1. The molecule has 2 aliphatic rings. The first-order valence-electron chi connectivity index (χ1n) is 8.19. The maximum Gasteiger partial charge on any atom is 0.414 e. The summed E-state index contributed by atoms with van der Waals surface area (Å²) in [7, 11) is 0. The van der Waals surface area contributed by atoms with Gasteiger partial charge >= 0.3 is 6.09 Å². The van der Waals surface area contributed by atoms with E-state index in [0.717, 1.165) is 5.56 Å². The summed E-state index contributed by atoms with van der Waals surface area (Å²) >= 11 is 0. The third-order valence-corrected chi connectivity index (χ3v) is 4.53. The van der Waals surface area contributed by atoms with Crippen molar-refractivity contribution in [3.8, 4) is 0 Å². The number of hydrogen-bond acceptors (Lipinski definition) is 3. The molecule has 1 fully saturated rings. The summed E-state index contributed by atoms with van der Waals surface area (Å²) in [5.41, 5.74) is -0.647. The van der Waals surface area contributed by atoms with Crippen LogP contribution < -0.4 is 4.90 Å². The third-order valence-electron chi connectivity index (χ3n) is 4.53. The van der Waals surface area contributed by atoms with E-state index in [1.54, 1.807) is 32.9 Å². The van der Waals surface area contributed by atoms with E-state index in [0.29, 0.717) is 17.9 Å². The summed E-state index contributed by atoms with van der Waals surface area (Å²) in [5.74, 6) is -3.04. The Hall–Kier alpha value is -1.69. The quantitative estimate of drug-likeness (QED) is 0.703. The van der Waals surface area contributed by atoms with E-state index in [9.17, 15) is 13.6 Å². The average molecular weight is 339 g/mol. The summed E-state index contributed by atoms with van der Waals surface area (Å²) in [5, 5.41) is 0. The van der Waals surface area contributed by atoms with Gasteiger partial charge in [-0.1, -0.05) is 17.7 Å². The number of aryl methyl sites for hydroxylation is 1. The fourth-order valence-electron chi connectivity index (χ4n) is 3.29. The van der Waals surface area contributed by atoms with Crippen LogP contribution in [0.25, 0.3) is 0 Å². The minimum atomic E-state index is -3.04. The van der Waals surface area contributed by atoms with Crippen LogP contribution in [0.15, 0.2) is 18.2 Å². The van der Waals surface area contributed by atoms with E-state index in [-0.39, 0.29) is 13.0 Å². The number of carbonyl (C=O) groups excluding carboxylic acids is 1. The molecule has 1 aromatic carbocycles. The van der Waals surface area contributed by atoms with Crippen LogP contribution in [0.4, 0.5) is 19.3 Å². The number of amides is 1. The maximum atomic E-state index is 14.8. The number of fused-ring (bicyclic) bond motifs is 2. The van der Waals surface area contributed by atoms with Crippen molar-refractivity contribution in [3.05, 3.63) is 29.3 Å². The molecule has 0 aromatic heterocycles. The standard InChI is InChI=1S/C18H23F2NO3/c1-12-5-6-14-13(11-12)17(8-10-23-17)18(19,20)7-9-21(14)15(22)24-16(2,3)4/h5-6,11H,7-10H2,1-4H3. The lowest BCUT2D eigenvalue weighted by molar-refractivity contribution is -0.279. The van der Waals surface area contributed by atoms with Crippen LogP contribution in [-0.4, -0.2) is 30.8 Å². The minimum Gasteiger partial charge on any atom is -0.443 e. The third kappa shape index (κ3) is 2.66. The molecule has 1 unspecified atom stereocenters. The number of benzene rings is 1. The smallest absolute Gasteiger partial charge is 0.414 e. The monoisotopic (exact) mass is 339 g/mol. The molecule has 1 saturated heterocycles. The molecule has 1 spiro atoms. The van der Waals surface area contributed by atoms with E-state index < -0.39 is 29.6 Å². The van der Waals surface area contributed by atoms with Gasteiger partial charge in [-0.25, -0.2) is 13.6 Å². The summed E-state index contributed by atoms with van der Waals surface area (Å²) in [6.45, 7) is 7.30. The predicted octanol–water partition coefficient (Wildman–Crippen LogP) is 4.39. The van der Waals surface area contributed by atoms with E-state index in [4.69, 9.17) is 9.47 Å². The number of ether oxygens (including phenoxy) is 2. The lowest BCUT2D eigenvalue weighted by Crippen LogP contribution is -2.54. The van der Waals surface area contributed by atoms with Crippen LogP contribution in [0.2, 0.25) is 0 Å². The molecule has 1 aromatic rings. The molecular weight excluding hydrogens is 316 g/mol. The first-order chi connectivity index (χ1) is 11.1. The highest BCUT2D eigenvalue weighted by molar-refractivity contribution is 5.89. The molecule has 1 atom stereocenters. The Bertz CT molecular complexity index is 663. The van der Waals surface area contributed by atoms with Crippen molar-refractivity contribution in [3.63, 3.8) is 0 Å². The molecule has 2 aliphatic heterocycles. The van der Waals surface area contributed by atoms with Crippen LogP contribution in [0.3, 0.4) is 0 Å². The molecule has 24 heavy (non-hydrogen) atoms. The molecule has 0 saturated carbocycles. The summed E-state index contributed by atoms with van der Waals surface area (Å²) in [6, 6.07) is 5.22. The molecule has 0 N–H and O–H groups in total. The number of rotatable bonds is 0. The molecule has 0 radical (unpaired) electrons. The van der Waals surface area contributed by atoms with E-state index in [2.05, 4.69) is 0 Å². The Kier molecular flexibility index (Phi) is 3.86. The van der Waals surface area contributed by atoms with Crippen molar-refractivity contribution in [2.45, 2.75) is 57.7 Å². The Morgan fingerprint density at radius 1 is 1.29 bits per heavy atom. The van der Waals surface area contributed by atoms with Crippen LogP contribution in [0, 0.1) is 6.92 Å². The molecule has 2 heterocycles. The lowest BCUT2D eigenvalue weighted by Gasteiger charge is -2.46. The molecule has 0 bridgehead atoms. The predicted molar refractivity (Wildman–Crippen MR) is 86.6 cm³/mol. The second kappa shape index (κ2) is 5.41. The summed E-state index contributed by atoms with van der Waals surface area (Å²) < 4.78 is 40.5. The second-order valence-electron chi connectivity index (χ2n) is 7.53. The van der Waals surface area contributed by atoms with E-state index in [1.807, 2.05) is 13.0 Å². The van der Waals surface area contributed by atoms with Crippen LogP contribution in [0.1, 0.15) is 44.7 Å². The Morgan fingerprint density at radius 3 is 2.50 bits per heavy atom. The number of alkyl halides is 2. The zero-order valence-electron chi connectivity index (χ0n) is 14.5. The van der Waals surface area contributed by atoms with Gasteiger partial charge in [0.2, 0.25) is 0 Å². The van der Waals surface area contributed by atoms with Crippen molar-refractivity contribution in [1.29, 1.82) is 0 Å². The zero-order valence-corrected chi connectivity index (χ0v) is 14.5. The van der Waals surface area contributed by atoms with Crippen LogP contribution in [0.5, 0.6) is 0 Å². The van der Waals surface area contributed by atoms with Crippen LogP contribution in [-0.2, 0) is 15.1 Å². The van der Waals surface area contributed by atoms with Gasteiger partial charge in [-0.2, -0.15) is 0 Å². The van der Waals surface area contributed by atoms with E-state index >= 15 is 0 Å². The Labute approximate surface area is 140 Å². The highest BCUT2D eigenvalue weighted by Crippen LogP contribution is 2.55. The number of carbonyl (C=O) groups is 1. The van der Waals surface area contributed by atoms with Gasteiger partial charge in [0.05, 0.1) is 12.3 Å². The Morgan fingerprint density at radius 2 is 1.96 bits per heavy atom. The fourth-order valence-corrected chi connectivity index (χ4v) is 3.29.